The molecule has 0 aliphatic carbocycles. The van der Waals surface area contributed by atoms with Crippen LogP contribution in [-0.2, 0) is 12.7 Å². The largest absolute Gasteiger partial charge is 0.416 e. The summed E-state index contributed by atoms with van der Waals surface area (Å²) in [5, 5.41) is 7.47. The third kappa shape index (κ3) is 3.21. The summed E-state index contributed by atoms with van der Waals surface area (Å²) >= 11 is 0. The first-order valence-electron chi connectivity index (χ1n) is 6.35. The van der Waals surface area contributed by atoms with E-state index < -0.39 is 23.6 Å². The first-order chi connectivity index (χ1) is 9.84. The van der Waals surface area contributed by atoms with E-state index in [1.54, 1.807) is 0 Å². The van der Waals surface area contributed by atoms with E-state index in [2.05, 4.69) is 10.3 Å². The lowest BCUT2D eigenvalue weighted by Gasteiger charge is -2.16. The van der Waals surface area contributed by atoms with Gasteiger partial charge in [0.2, 0.25) is 0 Å². The van der Waals surface area contributed by atoms with Crippen LogP contribution < -0.4 is 5.73 Å². The van der Waals surface area contributed by atoms with Gasteiger partial charge < -0.3 is 5.73 Å². The number of aryl methyl sites for hydroxylation is 1. The Balaban J connectivity index is 2.43. The Labute approximate surface area is 118 Å². The van der Waals surface area contributed by atoms with Gasteiger partial charge in [-0.1, -0.05) is 12.1 Å². The van der Waals surface area contributed by atoms with Crippen LogP contribution in [0.1, 0.15) is 36.2 Å². The standard InChI is InChI=1S/C13H14F4N4/c1-2-5-21-11(7-19-20-21)12(18)9-6-8(13(15,16)17)3-4-10(9)14/h3-4,6-7,12H,2,5,18H2,1H3. The topological polar surface area (TPSA) is 56.7 Å². The minimum absolute atomic E-state index is 0.232. The fourth-order valence-corrected chi connectivity index (χ4v) is 2.01. The number of hydrogen-bond donors (Lipinski definition) is 1. The monoisotopic (exact) mass is 302 g/mol. The van der Waals surface area contributed by atoms with Crippen LogP contribution in [0.4, 0.5) is 17.6 Å². The molecule has 0 aliphatic heterocycles. The predicted octanol–water partition coefficient (Wildman–Crippen LogP) is 2.89. The molecule has 114 valence electrons. The normalized spacial score (nSPS) is 13.4. The van der Waals surface area contributed by atoms with Crippen LogP contribution in [0.25, 0.3) is 0 Å². The third-order valence-electron chi connectivity index (χ3n) is 3.06. The fourth-order valence-electron chi connectivity index (χ4n) is 2.01. The van der Waals surface area contributed by atoms with Crippen molar-refractivity contribution in [3.63, 3.8) is 0 Å². The highest BCUT2D eigenvalue weighted by Gasteiger charge is 2.32. The van der Waals surface area contributed by atoms with Crippen molar-refractivity contribution in [1.82, 2.24) is 15.0 Å². The van der Waals surface area contributed by atoms with Crippen molar-refractivity contribution in [2.45, 2.75) is 32.1 Å². The van der Waals surface area contributed by atoms with Crippen LogP contribution in [0.2, 0.25) is 0 Å². The molecule has 0 fully saturated rings. The van der Waals surface area contributed by atoms with Crippen molar-refractivity contribution >= 4 is 0 Å². The van der Waals surface area contributed by atoms with Gasteiger partial charge in [-0.3, -0.25) is 0 Å². The molecule has 2 aromatic rings. The Morgan fingerprint density at radius 3 is 2.67 bits per heavy atom. The van der Waals surface area contributed by atoms with Crippen LogP contribution in [-0.4, -0.2) is 15.0 Å². The molecule has 0 saturated heterocycles. The van der Waals surface area contributed by atoms with E-state index >= 15 is 0 Å². The van der Waals surface area contributed by atoms with Crippen LogP contribution in [0, 0.1) is 5.82 Å². The molecule has 2 N–H and O–H groups in total. The summed E-state index contributed by atoms with van der Waals surface area (Å²) < 4.78 is 53.4. The molecule has 1 atom stereocenters. The summed E-state index contributed by atoms with van der Waals surface area (Å²) in [6.45, 7) is 2.41. The number of benzene rings is 1. The number of halogens is 4. The summed E-state index contributed by atoms with van der Waals surface area (Å²) in [4.78, 5) is 0. The molecule has 4 nitrogen and oxygen atoms in total. The minimum atomic E-state index is -4.55. The van der Waals surface area contributed by atoms with E-state index in [9.17, 15) is 17.6 Å². The molecule has 8 heteroatoms. The van der Waals surface area contributed by atoms with Crippen molar-refractivity contribution in [3.05, 3.63) is 47.0 Å². The van der Waals surface area contributed by atoms with Crippen molar-refractivity contribution in [2.75, 3.05) is 0 Å². The fraction of sp³-hybridized carbons (Fsp3) is 0.385. The van der Waals surface area contributed by atoms with E-state index in [-0.39, 0.29) is 5.56 Å². The molecular weight excluding hydrogens is 288 g/mol. The Kier molecular flexibility index (Phi) is 4.26. The molecule has 0 saturated carbocycles. The third-order valence-corrected chi connectivity index (χ3v) is 3.06. The smallest absolute Gasteiger partial charge is 0.319 e. The SMILES string of the molecule is CCCn1nncc1C(N)c1cc(C(F)(F)F)ccc1F. The number of hydrogen-bond acceptors (Lipinski definition) is 3. The molecule has 0 aliphatic rings. The van der Waals surface area contributed by atoms with Crippen LogP contribution >= 0.6 is 0 Å². The second-order valence-corrected chi connectivity index (χ2v) is 4.59. The Hall–Kier alpha value is -1.96. The van der Waals surface area contributed by atoms with Gasteiger partial charge in [0.1, 0.15) is 5.82 Å². The first-order valence-corrected chi connectivity index (χ1v) is 6.35. The molecular formula is C13H14F4N4. The van der Waals surface area contributed by atoms with Crippen LogP contribution in [0.15, 0.2) is 24.4 Å². The molecule has 1 heterocycles. The zero-order valence-corrected chi connectivity index (χ0v) is 11.2. The van der Waals surface area contributed by atoms with Crippen molar-refractivity contribution in [2.24, 2.45) is 5.73 Å². The average molecular weight is 302 g/mol. The molecule has 1 aromatic carbocycles. The molecule has 0 radical (unpaired) electrons. The lowest BCUT2D eigenvalue weighted by atomic mass is 10.0. The zero-order chi connectivity index (χ0) is 15.6. The summed E-state index contributed by atoms with van der Waals surface area (Å²) in [5.41, 5.74) is 5.09. The average Bonchev–Trinajstić information content (AvgIpc) is 2.86. The van der Waals surface area contributed by atoms with Gasteiger partial charge in [-0.2, -0.15) is 13.2 Å². The maximum atomic E-state index is 13.8. The molecule has 1 unspecified atom stereocenters. The Morgan fingerprint density at radius 1 is 1.33 bits per heavy atom. The number of nitrogens with zero attached hydrogens (tertiary/aromatic N) is 3. The molecule has 1 aromatic heterocycles. The predicted molar refractivity (Wildman–Crippen MR) is 67.7 cm³/mol. The molecule has 2 rings (SSSR count). The van der Waals surface area contributed by atoms with E-state index in [0.717, 1.165) is 18.6 Å². The van der Waals surface area contributed by atoms with Crippen molar-refractivity contribution in [1.29, 1.82) is 0 Å². The highest BCUT2D eigenvalue weighted by molar-refractivity contribution is 5.33. The highest BCUT2D eigenvalue weighted by atomic mass is 19.4. The summed E-state index contributed by atoms with van der Waals surface area (Å²) in [6, 6.07) is 1.12. The summed E-state index contributed by atoms with van der Waals surface area (Å²) in [5.74, 6) is -0.792. The second-order valence-electron chi connectivity index (χ2n) is 4.59. The van der Waals surface area contributed by atoms with Gasteiger partial charge in [-0.05, 0) is 24.6 Å². The zero-order valence-electron chi connectivity index (χ0n) is 11.2. The maximum absolute atomic E-state index is 13.8. The van der Waals surface area contributed by atoms with Crippen LogP contribution in [0.3, 0.4) is 0 Å². The van der Waals surface area contributed by atoms with Crippen molar-refractivity contribution < 1.29 is 17.6 Å². The lowest BCUT2D eigenvalue weighted by Crippen LogP contribution is -2.20. The number of aromatic nitrogens is 3. The lowest BCUT2D eigenvalue weighted by molar-refractivity contribution is -0.137. The second kappa shape index (κ2) is 5.80. The Morgan fingerprint density at radius 2 is 2.05 bits per heavy atom. The number of alkyl halides is 3. The van der Waals surface area contributed by atoms with E-state index in [1.807, 2.05) is 6.92 Å². The summed E-state index contributed by atoms with van der Waals surface area (Å²) in [6.07, 6.45) is -2.47. The molecule has 0 bridgehead atoms. The number of rotatable bonds is 4. The quantitative estimate of drug-likeness (QED) is 0.884. The molecule has 21 heavy (non-hydrogen) atoms. The van der Waals surface area contributed by atoms with Gasteiger partial charge >= 0.3 is 6.18 Å². The van der Waals surface area contributed by atoms with E-state index in [0.29, 0.717) is 18.3 Å². The van der Waals surface area contributed by atoms with Gasteiger partial charge in [0.25, 0.3) is 0 Å². The highest BCUT2D eigenvalue weighted by Crippen LogP contribution is 2.32. The molecule has 0 amide bonds. The van der Waals surface area contributed by atoms with E-state index in [1.165, 1.54) is 10.9 Å². The van der Waals surface area contributed by atoms with Crippen LogP contribution in [0.5, 0.6) is 0 Å². The van der Waals surface area contributed by atoms with Gasteiger partial charge in [0.05, 0.1) is 23.5 Å². The summed E-state index contributed by atoms with van der Waals surface area (Å²) in [7, 11) is 0. The van der Waals surface area contributed by atoms with E-state index in [4.69, 9.17) is 5.73 Å². The minimum Gasteiger partial charge on any atom is -0.319 e. The van der Waals surface area contributed by atoms with Gasteiger partial charge in [0.15, 0.2) is 0 Å². The van der Waals surface area contributed by atoms with Gasteiger partial charge in [0, 0.05) is 12.1 Å². The number of nitrogens with two attached hydrogens (primary N) is 1. The van der Waals surface area contributed by atoms with Gasteiger partial charge in [-0.25, -0.2) is 9.07 Å². The molecule has 0 spiro atoms. The van der Waals surface area contributed by atoms with Gasteiger partial charge in [-0.15, -0.1) is 5.10 Å². The Bertz CT molecular complexity index is 621. The maximum Gasteiger partial charge on any atom is 0.416 e. The van der Waals surface area contributed by atoms with Crippen molar-refractivity contribution in [3.8, 4) is 0 Å². The first kappa shape index (κ1) is 15.4.